The van der Waals surface area contributed by atoms with E-state index in [9.17, 15) is 4.79 Å². The number of rotatable bonds is 6. The van der Waals surface area contributed by atoms with Crippen molar-refractivity contribution in [3.8, 4) is 0 Å². The lowest BCUT2D eigenvalue weighted by Gasteiger charge is -2.13. The van der Waals surface area contributed by atoms with Crippen LogP contribution >= 0.6 is 0 Å². The maximum absolute atomic E-state index is 11.7. The van der Waals surface area contributed by atoms with E-state index in [1.807, 2.05) is 14.1 Å². The molecule has 2 rings (SSSR count). The molecule has 1 heterocycles. The van der Waals surface area contributed by atoms with Crippen LogP contribution in [0, 0.1) is 0 Å². The molecule has 1 saturated heterocycles. The third-order valence-corrected chi connectivity index (χ3v) is 3.62. The molecule has 1 unspecified atom stereocenters. The van der Waals surface area contributed by atoms with E-state index < -0.39 is 0 Å². The van der Waals surface area contributed by atoms with Gasteiger partial charge in [-0.05, 0) is 43.4 Å². The first kappa shape index (κ1) is 14.9. The van der Waals surface area contributed by atoms with E-state index in [4.69, 9.17) is 4.74 Å². The minimum atomic E-state index is -0.214. The highest BCUT2D eigenvalue weighted by Gasteiger charge is 2.22. The Morgan fingerprint density at radius 1 is 1.35 bits per heavy atom. The molecule has 1 atom stereocenters. The van der Waals surface area contributed by atoms with Crippen LogP contribution in [0.1, 0.15) is 24.8 Å². The van der Waals surface area contributed by atoms with E-state index >= 15 is 0 Å². The summed E-state index contributed by atoms with van der Waals surface area (Å²) in [5.74, 6) is 0.0467. The number of ether oxygens (including phenoxy) is 1. The molecule has 4 nitrogen and oxygen atoms in total. The van der Waals surface area contributed by atoms with Crippen LogP contribution in [0.2, 0.25) is 0 Å². The summed E-state index contributed by atoms with van der Waals surface area (Å²) in [5.41, 5.74) is 2.52. The van der Waals surface area contributed by atoms with Crippen LogP contribution in [0.15, 0.2) is 24.3 Å². The van der Waals surface area contributed by atoms with Crippen molar-refractivity contribution in [2.24, 2.45) is 0 Å². The second-order valence-electron chi connectivity index (χ2n) is 5.46. The largest absolute Gasteiger partial charge is 0.378 e. The maximum Gasteiger partial charge on any atom is 0.249 e. The molecule has 0 aromatic heterocycles. The van der Waals surface area contributed by atoms with Crippen LogP contribution in [0.25, 0.3) is 0 Å². The quantitative estimate of drug-likeness (QED) is 0.808. The number of amides is 1. The van der Waals surface area contributed by atoms with Gasteiger partial charge in [-0.3, -0.25) is 4.79 Å². The standard InChI is InChI=1S/C16H24N2O2/c1-18(2)14-9-7-13(8-10-14)5-3-11-17-16(19)15-6-4-12-20-15/h7-10,15H,3-6,11-12H2,1-2H3,(H,17,19). The van der Waals surface area contributed by atoms with E-state index in [1.165, 1.54) is 11.3 Å². The lowest BCUT2D eigenvalue weighted by Crippen LogP contribution is -2.34. The highest BCUT2D eigenvalue weighted by Crippen LogP contribution is 2.14. The fourth-order valence-corrected chi connectivity index (χ4v) is 2.36. The van der Waals surface area contributed by atoms with E-state index in [0.717, 1.165) is 32.3 Å². The van der Waals surface area contributed by atoms with Crippen molar-refractivity contribution in [2.75, 3.05) is 32.1 Å². The summed E-state index contributed by atoms with van der Waals surface area (Å²) in [6.07, 6.45) is 3.59. The predicted molar refractivity (Wildman–Crippen MR) is 81.1 cm³/mol. The molecule has 1 aliphatic heterocycles. The molecule has 110 valence electrons. The van der Waals surface area contributed by atoms with E-state index in [-0.39, 0.29) is 12.0 Å². The van der Waals surface area contributed by atoms with Gasteiger partial charge in [0.05, 0.1) is 0 Å². The summed E-state index contributed by atoms with van der Waals surface area (Å²) < 4.78 is 5.35. The normalized spacial score (nSPS) is 18.0. The van der Waals surface area contributed by atoms with Gasteiger partial charge in [-0.1, -0.05) is 12.1 Å². The molecule has 0 radical (unpaired) electrons. The smallest absolute Gasteiger partial charge is 0.249 e. The Kier molecular flexibility index (Phi) is 5.41. The van der Waals surface area contributed by atoms with Crippen LogP contribution in [0.3, 0.4) is 0 Å². The number of carbonyl (C=O) groups excluding carboxylic acids is 1. The Balaban J connectivity index is 1.66. The molecule has 0 bridgehead atoms. The molecule has 1 amide bonds. The van der Waals surface area contributed by atoms with Gasteiger partial charge in [-0.15, -0.1) is 0 Å². The van der Waals surface area contributed by atoms with Crippen molar-refractivity contribution in [1.29, 1.82) is 0 Å². The lowest BCUT2D eigenvalue weighted by atomic mass is 10.1. The number of hydrogen-bond acceptors (Lipinski definition) is 3. The lowest BCUT2D eigenvalue weighted by molar-refractivity contribution is -0.130. The number of anilines is 1. The molecule has 1 aliphatic rings. The van der Waals surface area contributed by atoms with E-state index in [1.54, 1.807) is 0 Å². The van der Waals surface area contributed by atoms with Gasteiger partial charge in [-0.2, -0.15) is 0 Å². The molecule has 1 aromatic rings. The third kappa shape index (κ3) is 4.23. The zero-order valence-electron chi connectivity index (χ0n) is 12.4. The highest BCUT2D eigenvalue weighted by molar-refractivity contribution is 5.80. The van der Waals surface area contributed by atoms with Crippen molar-refractivity contribution >= 4 is 11.6 Å². The number of aryl methyl sites for hydroxylation is 1. The first-order valence-electron chi connectivity index (χ1n) is 7.32. The fraction of sp³-hybridized carbons (Fsp3) is 0.562. The van der Waals surface area contributed by atoms with Crippen molar-refractivity contribution in [2.45, 2.75) is 31.8 Å². The van der Waals surface area contributed by atoms with E-state index in [2.05, 4.69) is 34.5 Å². The van der Waals surface area contributed by atoms with Crippen LogP contribution in [0.5, 0.6) is 0 Å². The second-order valence-corrected chi connectivity index (χ2v) is 5.46. The van der Waals surface area contributed by atoms with Crippen LogP contribution in [-0.2, 0) is 16.0 Å². The van der Waals surface area contributed by atoms with Gasteiger partial charge in [0.15, 0.2) is 0 Å². The molecule has 1 fully saturated rings. The Hall–Kier alpha value is -1.55. The van der Waals surface area contributed by atoms with Gasteiger partial charge in [-0.25, -0.2) is 0 Å². The molecule has 1 N–H and O–H groups in total. The first-order valence-corrected chi connectivity index (χ1v) is 7.32. The minimum Gasteiger partial charge on any atom is -0.378 e. The second kappa shape index (κ2) is 7.29. The van der Waals surface area contributed by atoms with Gasteiger partial charge >= 0.3 is 0 Å². The molecule has 1 aromatic carbocycles. The average molecular weight is 276 g/mol. The Bertz CT molecular complexity index is 423. The number of nitrogens with one attached hydrogen (secondary N) is 1. The number of benzene rings is 1. The van der Waals surface area contributed by atoms with Crippen molar-refractivity contribution in [3.63, 3.8) is 0 Å². The molecular formula is C16H24N2O2. The molecular weight excluding hydrogens is 252 g/mol. The summed E-state index contributed by atoms with van der Waals surface area (Å²) in [6.45, 7) is 1.43. The minimum absolute atomic E-state index is 0.0467. The zero-order valence-corrected chi connectivity index (χ0v) is 12.4. The molecule has 0 saturated carbocycles. The zero-order chi connectivity index (χ0) is 14.4. The number of hydrogen-bond donors (Lipinski definition) is 1. The van der Waals surface area contributed by atoms with Gasteiger partial charge in [0.25, 0.3) is 0 Å². The van der Waals surface area contributed by atoms with Gasteiger partial charge in [0.1, 0.15) is 6.10 Å². The summed E-state index contributed by atoms with van der Waals surface area (Å²) in [4.78, 5) is 13.8. The van der Waals surface area contributed by atoms with Gasteiger partial charge in [0, 0.05) is 32.9 Å². The Morgan fingerprint density at radius 3 is 2.70 bits per heavy atom. The first-order chi connectivity index (χ1) is 9.66. The summed E-state index contributed by atoms with van der Waals surface area (Å²) in [6, 6.07) is 8.55. The van der Waals surface area contributed by atoms with Crippen LogP contribution in [-0.4, -0.2) is 39.3 Å². The molecule has 4 heteroatoms. The van der Waals surface area contributed by atoms with E-state index in [0.29, 0.717) is 6.54 Å². The summed E-state index contributed by atoms with van der Waals surface area (Å²) >= 11 is 0. The molecule has 20 heavy (non-hydrogen) atoms. The molecule has 0 spiro atoms. The SMILES string of the molecule is CN(C)c1ccc(CCCNC(=O)C2CCCO2)cc1. The monoisotopic (exact) mass is 276 g/mol. The topological polar surface area (TPSA) is 41.6 Å². The Morgan fingerprint density at radius 2 is 2.10 bits per heavy atom. The summed E-state index contributed by atoms with van der Waals surface area (Å²) in [7, 11) is 4.07. The van der Waals surface area contributed by atoms with Gasteiger partial charge < -0.3 is 15.0 Å². The number of nitrogens with zero attached hydrogens (tertiary/aromatic N) is 1. The van der Waals surface area contributed by atoms with Crippen LogP contribution < -0.4 is 10.2 Å². The van der Waals surface area contributed by atoms with Crippen LogP contribution in [0.4, 0.5) is 5.69 Å². The van der Waals surface area contributed by atoms with Gasteiger partial charge in [0.2, 0.25) is 5.91 Å². The van der Waals surface area contributed by atoms with Crippen molar-refractivity contribution in [3.05, 3.63) is 29.8 Å². The maximum atomic E-state index is 11.7. The summed E-state index contributed by atoms with van der Waals surface area (Å²) in [5, 5.41) is 2.95. The predicted octanol–water partition coefficient (Wildman–Crippen LogP) is 1.98. The van der Waals surface area contributed by atoms with Crippen molar-refractivity contribution in [1.82, 2.24) is 5.32 Å². The number of carbonyl (C=O) groups is 1. The Labute approximate surface area is 121 Å². The van der Waals surface area contributed by atoms with Crippen molar-refractivity contribution < 1.29 is 9.53 Å². The third-order valence-electron chi connectivity index (χ3n) is 3.62. The molecule has 0 aliphatic carbocycles. The fourth-order valence-electron chi connectivity index (χ4n) is 2.36. The highest BCUT2D eigenvalue weighted by atomic mass is 16.5. The average Bonchev–Trinajstić information content (AvgIpc) is 2.98.